The van der Waals surface area contributed by atoms with E-state index in [4.69, 9.17) is 4.74 Å². The number of thioether (sulfide) groups is 1. The van der Waals surface area contributed by atoms with Gasteiger partial charge < -0.3 is 9.64 Å². The van der Waals surface area contributed by atoms with Crippen molar-refractivity contribution in [2.45, 2.75) is 31.5 Å². The van der Waals surface area contributed by atoms with Crippen molar-refractivity contribution in [1.29, 1.82) is 0 Å². The standard InChI is InChI=1S/C16H19F3N2O2S/c17-16(18,19)11-3-7-21(8-4-11)15(22)13-2-1-6-20-14(13)23-12-5-9-24-10-12/h1-2,6,11-12H,3-5,7-10H2/t12-/m0/s1. The molecule has 2 aliphatic heterocycles. The Bertz CT molecular complexity index is 583. The quantitative estimate of drug-likeness (QED) is 0.829. The van der Waals surface area contributed by atoms with Crippen molar-refractivity contribution in [2.24, 2.45) is 5.92 Å². The summed E-state index contributed by atoms with van der Waals surface area (Å²) in [6, 6.07) is 3.27. The lowest BCUT2D eigenvalue weighted by molar-refractivity contribution is -0.183. The van der Waals surface area contributed by atoms with Crippen LogP contribution in [0.5, 0.6) is 5.88 Å². The summed E-state index contributed by atoms with van der Waals surface area (Å²) in [5.74, 6) is 0.548. The molecule has 1 aromatic rings. The van der Waals surface area contributed by atoms with E-state index in [1.165, 1.54) is 4.90 Å². The number of halogens is 3. The Kier molecular flexibility index (Phi) is 5.22. The topological polar surface area (TPSA) is 42.4 Å². The van der Waals surface area contributed by atoms with E-state index in [9.17, 15) is 18.0 Å². The summed E-state index contributed by atoms with van der Waals surface area (Å²) < 4.78 is 44.1. The number of alkyl halides is 3. The first-order chi connectivity index (χ1) is 11.4. The molecule has 2 aliphatic rings. The zero-order valence-electron chi connectivity index (χ0n) is 13.1. The molecule has 0 bridgehead atoms. The molecule has 4 nitrogen and oxygen atoms in total. The number of amides is 1. The largest absolute Gasteiger partial charge is 0.473 e. The average molecular weight is 360 g/mol. The number of carbonyl (C=O) groups excluding carboxylic acids is 1. The van der Waals surface area contributed by atoms with Crippen molar-refractivity contribution in [3.05, 3.63) is 23.9 Å². The van der Waals surface area contributed by atoms with Gasteiger partial charge in [0.15, 0.2) is 0 Å². The van der Waals surface area contributed by atoms with E-state index in [-0.39, 0.29) is 43.8 Å². The number of nitrogens with zero attached hydrogens (tertiary/aromatic N) is 2. The maximum absolute atomic E-state index is 12.7. The predicted octanol–water partition coefficient (Wildman–Crippen LogP) is 3.38. The molecule has 0 spiro atoms. The Labute approximate surface area is 142 Å². The lowest BCUT2D eigenvalue weighted by Gasteiger charge is -2.33. The Morgan fingerprint density at radius 3 is 2.67 bits per heavy atom. The fourth-order valence-corrected chi connectivity index (χ4v) is 4.09. The summed E-state index contributed by atoms with van der Waals surface area (Å²) >= 11 is 1.79. The van der Waals surface area contributed by atoms with Gasteiger partial charge in [-0.15, -0.1) is 0 Å². The molecule has 0 saturated carbocycles. The molecule has 2 saturated heterocycles. The van der Waals surface area contributed by atoms with Crippen molar-refractivity contribution in [1.82, 2.24) is 9.88 Å². The number of piperidine rings is 1. The highest BCUT2D eigenvalue weighted by atomic mass is 32.2. The first-order valence-corrected chi connectivity index (χ1v) is 9.16. The van der Waals surface area contributed by atoms with Crippen LogP contribution in [0.2, 0.25) is 0 Å². The molecule has 3 heterocycles. The normalized spacial score (nSPS) is 22.6. The summed E-state index contributed by atoms with van der Waals surface area (Å²) in [5.41, 5.74) is 0.333. The second-order valence-corrected chi connectivity index (χ2v) is 7.22. The Hall–Kier alpha value is -1.44. The smallest absolute Gasteiger partial charge is 0.391 e. The van der Waals surface area contributed by atoms with Crippen LogP contribution in [-0.2, 0) is 0 Å². The van der Waals surface area contributed by atoms with Crippen LogP contribution in [0.3, 0.4) is 0 Å². The molecule has 132 valence electrons. The van der Waals surface area contributed by atoms with Crippen molar-refractivity contribution >= 4 is 17.7 Å². The minimum atomic E-state index is -4.18. The van der Waals surface area contributed by atoms with Crippen LogP contribution in [-0.4, -0.2) is 52.7 Å². The summed E-state index contributed by atoms with van der Waals surface area (Å²) in [4.78, 5) is 18.3. The van der Waals surface area contributed by atoms with Crippen molar-refractivity contribution in [3.8, 4) is 5.88 Å². The second-order valence-electron chi connectivity index (χ2n) is 6.07. The van der Waals surface area contributed by atoms with E-state index in [2.05, 4.69) is 4.98 Å². The zero-order valence-corrected chi connectivity index (χ0v) is 13.9. The third kappa shape index (κ3) is 3.96. The second kappa shape index (κ2) is 7.21. The first kappa shape index (κ1) is 17.4. The van der Waals surface area contributed by atoms with Crippen LogP contribution in [0.25, 0.3) is 0 Å². The van der Waals surface area contributed by atoms with Gasteiger partial charge in [-0.25, -0.2) is 4.98 Å². The van der Waals surface area contributed by atoms with Crippen molar-refractivity contribution in [2.75, 3.05) is 24.6 Å². The number of rotatable bonds is 3. The highest BCUT2D eigenvalue weighted by molar-refractivity contribution is 7.99. The van der Waals surface area contributed by atoms with Crippen LogP contribution in [0, 0.1) is 5.92 Å². The number of aromatic nitrogens is 1. The zero-order chi connectivity index (χ0) is 17.2. The molecular formula is C16H19F3N2O2S. The van der Waals surface area contributed by atoms with Gasteiger partial charge in [0.05, 0.1) is 5.92 Å². The van der Waals surface area contributed by atoms with Gasteiger partial charge in [0.2, 0.25) is 5.88 Å². The number of hydrogen-bond acceptors (Lipinski definition) is 4. The minimum Gasteiger partial charge on any atom is -0.473 e. The van der Waals surface area contributed by atoms with E-state index < -0.39 is 12.1 Å². The summed E-state index contributed by atoms with van der Waals surface area (Å²) in [7, 11) is 0. The Morgan fingerprint density at radius 1 is 1.29 bits per heavy atom. The van der Waals surface area contributed by atoms with Crippen LogP contribution in [0.4, 0.5) is 13.2 Å². The van der Waals surface area contributed by atoms with Crippen LogP contribution in [0.1, 0.15) is 29.6 Å². The number of likely N-dealkylation sites (tertiary alicyclic amines) is 1. The third-order valence-electron chi connectivity index (χ3n) is 4.41. The average Bonchev–Trinajstić information content (AvgIpc) is 3.07. The minimum absolute atomic E-state index is 0.0346. The SMILES string of the molecule is O=C(c1cccnc1O[C@H]1CCSC1)N1CCC(C(F)(F)F)CC1. The number of ether oxygens (including phenoxy) is 1. The molecule has 0 unspecified atom stereocenters. The Morgan fingerprint density at radius 2 is 2.04 bits per heavy atom. The van der Waals surface area contributed by atoms with Gasteiger partial charge in [0, 0.05) is 25.0 Å². The van der Waals surface area contributed by atoms with Crippen LogP contribution in [0.15, 0.2) is 18.3 Å². The predicted molar refractivity (Wildman–Crippen MR) is 85.3 cm³/mol. The van der Waals surface area contributed by atoms with Gasteiger partial charge in [0.1, 0.15) is 11.7 Å². The van der Waals surface area contributed by atoms with Crippen LogP contribution < -0.4 is 4.74 Å². The van der Waals surface area contributed by atoms with Crippen molar-refractivity contribution in [3.63, 3.8) is 0 Å². The Balaban J connectivity index is 1.67. The first-order valence-electron chi connectivity index (χ1n) is 8.00. The van der Waals surface area contributed by atoms with E-state index >= 15 is 0 Å². The lowest BCUT2D eigenvalue weighted by atomic mass is 9.96. The van der Waals surface area contributed by atoms with E-state index in [1.807, 2.05) is 0 Å². The molecule has 24 heavy (non-hydrogen) atoms. The fourth-order valence-electron chi connectivity index (χ4n) is 2.99. The molecule has 2 fully saturated rings. The molecule has 1 amide bonds. The molecule has 0 radical (unpaired) electrons. The van der Waals surface area contributed by atoms with Gasteiger partial charge in [0.25, 0.3) is 5.91 Å². The number of hydrogen-bond donors (Lipinski definition) is 0. The van der Waals surface area contributed by atoms with E-state index in [1.54, 1.807) is 30.1 Å². The maximum Gasteiger partial charge on any atom is 0.391 e. The monoisotopic (exact) mass is 360 g/mol. The molecule has 8 heteroatoms. The van der Waals surface area contributed by atoms with Gasteiger partial charge in [-0.1, -0.05) is 0 Å². The van der Waals surface area contributed by atoms with Crippen LogP contribution >= 0.6 is 11.8 Å². The van der Waals surface area contributed by atoms with Gasteiger partial charge in [-0.05, 0) is 37.1 Å². The highest BCUT2D eigenvalue weighted by Crippen LogP contribution is 2.35. The van der Waals surface area contributed by atoms with E-state index in [0.717, 1.165) is 17.9 Å². The third-order valence-corrected chi connectivity index (χ3v) is 5.54. The molecule has 0 aromatic carbocycles. The van der Waals surface area contributed by atoms with Gasteiger partial charge in [-0.2, -0.15) is 24.9 Å². The molecule has 1 aromatic heterocycles. The summed E-state index contributed by atoms with van der Waals surface area (Å²) in [6.45, 7) is 0.216. The number of pyridine rings is 1. The van der Waals surface area contributed by atoms with Gasteiger partial charge in [-0.3, -0.25) is 4.79 Å². The number of carbonyl (C=O) groups is 1. The summed E-state index contributed by atoms with van der Waals surface area (Å²) in [5, 5.41) is 0. The van der Waals surface area contributed by atoms with E-state index in [0.29, 0.717) is 5.56 Å². The lowest BCUT2D eigenvalue weighted by Crippen LogP contribution is -2.42. The fraction of sp³-hybridized carbons (Fsp3) is 0.625. The van der Waals surface area contributed by atoms with Gasteiger partial charge >= 0.3 is 6.18 Å². The molecular weight excluding hydrogens is 341 g/mol. The highest BCUT2D eigenvalue weighted by Gasteiger charge is 2.42. The summed E-state index contributed by atoms with van der Waals surface area (Å²) in [6.07, 6.45) is -1.78. The molecule has 0 N–H and O–H groups in total. The molecule has 0 aliphatic carbocycles. The maximum atomic E-state index is 12.7. The molecule has 1 atom stereocenters. The van der Waals surface area contributed by atoms with Crippen molar-refractivity contribution < 1.29 is 22.7 Å². The molecule has 3 rings (SSSR count).